The Kier molecular flexibility index (Phi) is 4.65. The van der Waals surface area contributed by atoms with Gasteiger partial charge in [0.15, 0.2) is 17.4 Å². The quantitative estimate of drug-likeness (QED) is 0.709. The molecule has 0 bridgehead atoms. The van der Waals surface area contributed by atoms with Crippen LogP contribution in [0.5, 0.6) is 5.75 Å². The summed E-state index contributed by atoms with van der Waals surface area (Å²) in [4.78, 5) is 24.7. The number of nitrogens with two attached hydrogens (primary N) is 1. The van der Waals surface area contributed by atoms with Crippen molar-refractivity contribution in [1.82, 2.24) is 4.57 Å². The van der Waals surface area contributed by atoms with Crippen molar-refractivity contribution in [3.8, 4) is 5.75 Å². The van der Waals surface area contributed by atoms with Crippen molar-refractivity contribution in [1.29, 1.82) is 0 Å². The number of nitrogens with zero attached hydrogens (tertiary/aromatic N) is 1. The van der Waals surface area contributed by atoms with Gasteiger partial charge in [-0.2, -0.15) is 0 Å². The van der Waals surface area contributed by atoms with Crippen molar-refractivity contribution in [3.63, 3.8) is 0 Å². The number of carbonyl (C=O) groups excluding carboxylic acids is 2. The van der Waals surface area contributed by atoms with Gasteiger partial charge in [0, 0.05) is 27.7 Å². The van der Waals surface area contributed by atoms with Gasteiger partial charge in [-0.25, -0.2) is 8.78 Å². The topological polar surface area (TPSA) is 85.3 Å². The molecule has 1 aromatic heterocycles. The van der Waals surface area contributed by atoms with Gasteiger partial charge in [-0.05, 0) is 43.7 Å². The first kappa shape index (κ1) is 18.8. The predicted molar refractivity (Wildman–Crippen MR) is 97.0 cm³/mol. The molecule has 1 amide bonds. The van der Waals surface area contributed by atoms with Crippen LogP contribution >= 0.6 is 11.6 Å². The molecule has 8 heteroatoms. The molecule has 3 N–H and O–H groups in total. The van der Waals surface area contributed by atoms with E-state index in [-0.39, 0.29) is 27.7 Å². The molecule has 0 aliphatic carbocycles. The third-order valence-electron chi connectivity index (χ3n) is 4.56. The Balaban J connectivity index is 2.39. The van der Waals surface area contributed by atoms with E-state index >= 15 is 0 Å². The average molecular weight is 393 g/mol. The second-order valence-electron chi connectivity index (χ2n) is 6.19. The molecule has 5 nitrogen and oxygen atoms in total. The van der Waals surface area contributed by atoms with Crippen LogP contribution in [0.3, 0.4) is 0 Å². The van der Waals surface area contributed by atoms with Gasteiger partial charge < -0.3 is 10.8 Å². The fourth-order valence-corrected chi connectivity index (χ4v) is 3.29. The second-order valence-corrected chi connectivity index (χ2v) is 6.62. The van der Waals surface area contributed by atoms with Crippen LogP contribution in [-0.2, 0) is 4.79 Å². The zero-order valence-corrected chi connectivity index (χ0v) is 15.1. The lowest BCUT2D eigenvalue weighted by atomic mass is 9.97. The molecule has 2 aromatic carbocycles. The van der Waals surface area contributed by atoms with E-state index in [1.54, 1.807) is 0 Å². The molecule has 1 atom stereocenters. The van der Waals surface area contributed by atoms with Crippen LogP contribution in [-0.4, -0.2) is 21.5 Å². The summed E-state index contributed by atoms with van der Waals surface area (Å²) in [6.45, 7) is 2.94. The fourth-order valence-electron chi connectivity index (χ4n) is 3.17. The summed E-state index contributed by atoms with van der Waals surface area (Å²) in [5.41, 5.74) is 5.81. The Labute approximate surface area is 158 Å². The highest BCUT2D eigenvalue weighted by molar-refractivity contribution is 6.30. The smallest absolute Gasteiger partial charge is 0.262 e. The third-order valence-corrected chi connectivity index (χ3v) is 4.81. The number of rotatable bonds is 3. The monoisotopic (exact) mass is 392 g/mol. The molecular weight excluding hydrogens is 378 g/mol. The van der Waals surface area contributed by atoms with Crippen molar-refractivity contribution in [3.05, 3.63) is 63.8 Å². The van der Waals surface area contributed by atoms with E-state index in [0.29, 0.717) is 5.02 Å². The number of primary amides is 1. The van der Waals surface area contributed by atoms with Crippen LogP contribution in [0.25, 0.3) is 10.9 Å². The molecule has 1 heterocycles. The highest BCUT2D eigenvalue weighted by Crippen LogP contribution is 2.38. The van der Waals surface area contributed by atoms with Crippen molar-refractivity contribution < 1.29 is 23.5 Å². The number of fused-ring (bicyclic) bond motifs is 1. The summed E-state index contributed by atoms with van der Waals surface area (Å²) in [7, 11) is 0. The summed E-state index contributed by atoms with van der Waals surface area (Å²) in [5.74, 6) is -5.94. The highest BCUT2D eigenvalue weighted by atomic mass is 35.5. The SMILES string of the molecule is Cc1c(C(C)C(N)=O)c2c(F)c(O)c(F)cc2n1C(=O)c1ccc(Cl)cc1. The molecule has 0 fully saturated rings. The first-order chi connectivity index (χ1) is 12.6. The first-order valence-corrected chi connectivity index (χ1v) is 8.34. The van der Waals surface area contributed by atoms with Gasteiger partial charge in [-0.15, -0.1) is 0 Å². The first-order valence-electron chi connectivity index (χ1n) is 7.96. The van der Waals surface area contributed by atoms with Crippen LogP contribution in [0.4, 0.5) is 8.78 Å². The Morgan fingerprint density at radius 3 is 2.37 bits per heavy atom. The maximum atomic E-state index is 14.7. The number of hydrogen-bond donors (Lipinski definition) is 2. The molecule has 3 rings (SSSR count). The zero-order valence-electron chi connectivity index (χ0n) is 14.4. The molecular formula is C19H15ClF2N2O3. The molecule has 0 saturated heterocycles. The summed E-state index contributed by atoms with van der Waals surface area (Å²) in [6, 6.07) is 6.82. The van der Waals surface area contributed by atoms with E-state index in [1.165, 1.54) is 38.1 Å². The number of phenolic OH excluding ortho intramolecular Hbond substituents is 1. The number of benzene rings is 2. The van der Waals surface area contributed by atoms with Crippen molar-refractivity contribution in [2.24, 2.45) is 5.73 Å². The number of carbonyl (C=O) groups is 2. The van der Waals surface area contributed by atoms with Gasteiger partial charge in [0.05, 0.1) is 11.4 Å². The molecule has 0 aliphatic rings. The molecule has 0 aliphatic heterocycles. The van der Waals surface area contributed by atoms with Crippen LogP contribution in [0.15, 0.2) is 30.3 Å². The number of hydrogen-bond acceptors (Lipinski definition) is 3. The summed E-state index contributed by atoms with van der Waals surface area (Å²) < 4.78 is 29.8. The van der Waals surface area contributed by atoms with Crippen LogP contribution in [0.2, 0.25) is 5.02 Å². The molecule has 1 unspecified atom stereocenters. The lowest BCUT2D eigenvalue weighted by Crippen LogP contribution is -2.20. The maximum absolute atomic E-state index is 14.7. The number of aromatic nitrogens is 1. The zero-order chi connectivity index (χ0) is 20.0. The van der Waals surface area contributed by atoms with E-state index in [1.807, 2.05) is 0 Å². The third kappa shape index (κ3) is 2.94. The van der Waals surface area contributed by atoms with Gasteiger partial charge in [0.2, 0.25) is 5.91 Å². The lowest BCUT2D eigenvalue weighted by Gasteiger charge is -2.10. The predicted octanol–water partition coefficient (Wildman–Crippen LogP) is 3.86. The maximum Gasteiger partial charge on any atom is 0.262 e. The molecule has 140 valence electrons. The Morgan fingerprint density at radius 2 is 1.81 bits per heavy atom. The largest absolute Gasteiger partial charge is 0.503 e. The van der Waals surface area contributed by atoms with Crippen LogP contribution < -0.4 is 5.73 Å². The molecule has 3 aromatic rings. The van der Waals surface area contributed by atoms with E-state index in [4.69, 9.17) is 17.3 Å². The van der Waals surface area contributed by atoms with Gasteiger partial charge in [-0.1, -0.05) is 11.6 Å². The minimum absolute atomic E-state index is 0.108. The molecule has 0 spiro atoms. The Morgan fingerprint density at radius 1 is 1.22 bits per heavy atom. The lowest BCUT2D eigenvalue weighted by molar-refractivity contribution is -0.119. The fraction of sp³-hybridized carbons (Fsp3) is 0.158. The minimum Gasteiger partial charge on any atom is -0.503 e. The molecule has 0 saturated carbocycles. The summed E-state index contributed by atoms with van der Waals surface area (Å²) in [5, 5.41) is 9.86. The second kappa shape index (κ2) is 6.66. The van der Waals surface area contributed by atoms with Gasteiger partial charge in [-0.3, -0.25) is 14.2 Å². The minimum atomic E-state index is -1.25. The van der Waals surface area contributed by atoms with Gasteiger partial charge in [0.25, 0.3) is 5.91 Å². The number of aromatic hydroxyl groups is 1. The number of amides is 1. The Hall–Kier alpha value is -2.93. The average Bonchev–Trinajstić information content (AvgIpc) is 2.91. The number of phenols is 1. The van der Waals surface area contributed by atoms with E-state index in [2.05, 4.69) is 0 Å². The standard InChI is InChI=1S/C19H15ClF2N2O3/c1-8(18(23)26)14-9(2)24(19(27)10-3-5-11(20)6-4-10)13-7-12(21)17(25)16(22)15(13)14/h3-8,25H,1-2H3,(H2,23,26). The normalized spacial score (nSPS) is 12.3. The van der Waals surface area contributed by atoms with Crippen molar-refractivity contribution >= 4 is 34.3 Å². The van der Waals surface area contributed by atoms with Crippen molar-refractivity contribution in [2.45, 2.75) is 19.8 Å². The molecule has 27 heavy (non-hydrogen) atoms. The number of halogens is 3. The summed E-state index contributed by atoms with van der Waals surface area (Å²) >= 11 is 5.83. The highest BCUT2D eigenvalue weighted by Gasteiger charge is 2.29. The van der Waals surface area contributed by atoms with E-state index < -0.39 is 35.1 Å². The molecule has 0 radical (unpaired) electrons. The van der Waals surface area contributed by atoms with E-state index in [0.717, 1.165) is 10.6 Å². The van der Waals surface area contributed by atoms with Gasteiger partial charge >= 0.3 is 0 Å². The van der Waals surface area contributed by atoms with Crippen molar-refractivity contribution in [2.75, 3.05) is 0 Å². The summed E-state index contributed by atoms with van der Waals surface area (Å²) in [6.07, 6.45) is 0. The van der Waals surface area contributed by atoms with E-state index in [9.17, 15) is 23.5 Å². The van der Waals surface area contributed by atoms with Crippen LogP contribution in [0, 0.1) is 18.6 Å². The van der Waals surface area contributed by atoms with Gasteiger partial charge in [0.1, 0.15) is 0 Å². The van der Waals surface area contributed by atoms with Crippen LogP contribution in [0.1, 0.15) is 34.5 Å². The Bertz CT molecular complexity index is 1090.